The Morgan fingerprint density at radius 2 is 2.16 bits per heavy atom. The van der Waals surface area contributed by atoms with Crippen molar-refractivity contribution < 1.29 is 19.5 Å². The number of nitrogen functional groups attached to an aromatic ring is 1. The van der Waals surface area contributed by atoms with Crippen molar-refractivity contribution >= 4 is 11.4 Å². The third kappa shape index (κ3) is 3.60. The van der Waals surface area contributed by atoms with Crippen molar-refractivity contribution in [1.29, 1.82) is 0 Å². The number of hydrogen-bond acceptors (Lipinski definition) is 6. The molecule has 7 nitrogen and oxygen atoms in total. The summed E-state index contributed by atoms with van der Waals surface area (Å²) in [6, 6.07) is 1.64. The molecule has 0 aromatic heterocycles. The number of aliphatic hydroxyl groups excluding tert-OH is 2. The van der Waals surface area contributed by atoms with Gasteiger partial charge in [-0.15, -0.1) is 0 Å². The third-order valence-corrected chi connectivity index (χ3v) is 2.73. The molecule has 0 saturated carbocycles. The summed E-state index contributed by atoms with van der Waals surface area (Å²) >= 11 is 0. The molecule has 0 aliphatic carbocycles. The lowest BCUT2D eigenvalue weighted by Crippen LogP contribution is -2.24. The summed E-state index contributed by atoms with van der Waals surface area (Å²) in [5, 5.41) is 33.0. The first-order valence-corrected chi connectivity index (χ1v) is 5.62. The van der Waals surface area contributed by atoms with Crippen molar-refractivity contribution in [1.82, 2.24) is 5.32 Å². The van der Waals surface area contributed by atoms with Gasteiger partial charge < -0.3 is 21.3 Å². The van der Waals surface area contributed by atoms with E-state index < -0.39 is 34.3 Å². The largest absolute Gasteiger partial charge is 0.396 e. The van der Waals surface area contributed by atoms with Crippen LogP contribution in [0.2, 0.25) is 0 Å². The zero-order valence-corrected chi connectivity index (χ0v) is 10.3. The van der Waals surface area contributed by atoms with Gasteiger partial charge in [0.2, 0.25) is 0 Å². The summed E-state index contributed by atoms with van der Waals surface area (Å²) < 4.78 is 13.4. The van der Waals surface area contributed by atoms with Gasteiger partial charge in [0.05, 0.1) is 22.8 Å². The maximum atomic E-state index is 13.4. The highest BCUT2D eigenvalue weighted by Gasteiger charge is 2.24. The third-order valence-electron chi connectivity index (χ3n) is 2.73. The fraction of sp³-hybridized carbons (Fsp3) is 0.455. The Morgan fingerprint density at radius 1 is 1.53 bits per heavy atom. The second-order valence-electron chi connectivity index (χ2n) is 4.09. The van der Waals surface area contributed by atoms with E-state index in [4.69, 9.17) is 5.73 Å². The summed E-state index contributed by atoms with van der Waals surface area (Å²) in [6.07, 6.45) is -2.49. The number of hydrogen-bond donors (Lipinski definition) is 4. The van der Waals surface area contributed by atoms with Crippen LogP contribution in [0.25, 0.3) is 0 Å². The van der Waals surface area contributed by atoms with Crippen molar-refractivity contribution in [3.63, 3.8) is 0 Å². The molecule has 8 heteroatoms. The lowest BCUT2D eigenvalue weighted by atomic mass is 9.99. The van der Waals surface area contributed by atoms with Crippen LogP contribution in [-0.2, 0) is 0 Å². The normalized spacial score (nSPS) is 14.1. The Balaban J connectivity index is 3.07. The standard InChI is InChI=1S/C11H16FN3O4/c1-14-3-2-9(16)11(17)7-4-6(15(18)19)5-8(12)10(7)13/h4-5,9,11,14,16-17H,2-3,13H2,1H3. The summed E-state index contributed by atoms with van der Waals surface area (Å²) in [5.74, 6) is -0.996. The number of non-ortho nitro benzene ring substituents is 1. The molecule has 5 N–H and O–H groups in total. The predicted molar refractivity (Wildman–Crippen MR) is 67.0 cm³/mol. The number of benzene rings is 1. The van der Waals surface area contributed by atoms with Gasteiger partial charge in [-0.25, -0.2) is 4.39 Å². The lowest BCUT2D eigenvalue weighted by Gasteiger charge is -2.19. The monoisotopic (exact) mass is 273 g/mol. The zero-order chi connectivity index (χ0) is 14.6. The molecule has 0 fully saturated rings. The molecular weight excluding hydrogens is 257 g/mol. The fourth-order valence-electron chi connectivity index (χ4n) is 1.63. The number of anilines is 1. The molecule has 0 saturated heterocycles. The van der Waals surface area contributed by atoms with Gasteiger partial charge in [0, 0.05) is 11.6 Å². The average Bonchev–Trinajstić information content (AvgIpc) is 2.37. The molecular formula is C11H16FN3O4. The van der Waals surface area contributed by atoms with Gasteiger partial charge in [-0.05, 0) is 20.0 Å². The fourth-order valence-corrected chi connectivity index (χ4v) is 1.63. The topological polar surface area (TPSA) is 122 Å². The van der Waals surface area contributed by atoms with Gasteiger partial charge in [0.1, 0.15) is 6.10 Å². The number of nitrogens with zero attached hydrogens (tertiary/aromatic N) is 1. The van der Waals surface area contributed by atoms with Gasteiger partial charge in [0.25, 0.3) is 5.69 Å². The van der Waals surface area contributed by atoms with Gasteiger partial charge >= 0.3 is 0 Å². The number of rotatable bonds is 6. The quantitative estimate of drug-likeness (QED) is 0.336. The van der Waals surface area contributed by atoms with Crippen molar-refractivity contribution in [2.24, 2.45) is 0 Å². The van der Waals surface area contributed by atoms with E-state index in [0.29, 0.717) is 12.6 Å². The highest BCUT2D eigenvalue weighted by atomic mass is 19.1. The SMILES string of the molecule is CNCCC(O)C(O)c1cc([N+](=O)[O-])cc(F)c1N. The Kier molecular flexibility index (Phi) is 5.16. The molecule has 0 radical (unpaired) electrons. The highest BCUT2D eigenvalue weighted by Crippen LogP contribution is 2.30. The number of nitrogens with two attached hydrogens (primary N) is 1. The molecule has 0 amide bonds. The first-order chi connectivity index (χ1) is 8.88. The molecule has 0 heterocycles. The van der Waals surface area contributed by atoms with Crippen LogP contribution in [0, 0.1) is 15.9 Å². The average molecular weight is 273 g/mol. The van der Waals surface area contributed by atoms with Crippen molar-refractivity contribution in [2.45, 2.75) is 18.6 Å². The number of aliphatic hydroxyl groups is 2. The zero-order valence-electron chi connectivity index (χ0n) is 10.3. The van der Waals surface area contributed by atoms with E-state index in [-0.39, 0.29) is 12.0 Å². The molecule has 1 rings (SSSR count). The smallest absolute Gasteiger partial charge is 0.272 e. The van der Waals surface area contributed by atoms with E-state index in [1.165, 1.54) is 0 Å². The van der Waals surface area contributed by atoms with Crippen LogP contribution in [0.15, 0.2) is 12.1 Å². The maximum Gasteiger partial charge on any atom is 0.272 e. The van der Waals surface area contributed by atoms with Crippen LogP contribution in [0.5, 0.6) is 0 Å². The van der Waals surface area contributed by atoms with Crippen LogP contribution in [0.4, 0.5) is 15.8 Å². The van der Waals surface area contributed by atoms with E-state index in [0.717, 1.165) is 6.07 Å². The molecule has 106 valence electrons. The van der Waals surface area contributed by atoms with Gasteiger partial charge in [-0.2, -0.15) is 0 Å². The highest BCUT2D eigenvalue weighted by molar-refractivity contribution is 5.55. The lowest BCUT2D eigenvalue weighted by molar-refractivity contribution is -0.385. The van der Waals surface area contributed by atoms with Crippen molar-refractivity contribution in [3.8, 4) is 0 Å². The Labute approximate surface area is 109 Å². The minimum absolute atomic E-state index is 0.185. The van der Waals surface area contributed by atoms with Crippen molar-refractivity contribution in [2.75, 3.05) is 19.3 Å². The van der Waals surface area contributed by atoms with Crippen LogP contribution < -0.4 is 11.1 Å². The number of nitro benzene ring substituents is 1. The van der Waals surface area contributed by atoms with Crippen LogP contribution in [-0.4, -0.2) is 34.8 Å². The second-order valence-corrected chi connectivity index (χ2v) is 4.09. The Morgan fingerprint density at radius 3 is 2.68 bits per heavy atom. The van der Waals surface area contributed by atoms with E-state index >= 15 is 0 Å². The molecule has 19 heavy (non-hydrogen) atoms. The van der Waals surface area contributed by atoms with E-state index in [9.17, 15) is 24.7 Å². The number of halogens is 1. The Hall–Kier alpha value is -1.77. The molecule has 0 aliphatic rings. The van der Waals surface area contributed by atoms with E-state index in [1.54, 1.807) is 7.05 Å². The van der Waals surface area contributed by atoms with Crippen LogP contribution >= 0.6 is 0 Å². The van der Waals surface area contributed by atoms with Gasteiger partial charge in [-0.3, -0.25) is 10.1 Å². The molecule has 2 atom stereocenters. The molecule has 0 spiro atoms. The Bertz CT molecular complexity index is 469. The van der Waals surface area contributed by atoms with E-state index in [1.807, 2.05) is 0 Å². The predicted octanol–water partition coefficient (Wildman–Crippen LogP) is 0.320. The maximum absolute atomic E-state index is 13.4. The van der Waals surface area contributed by atoms with Crippen molar-refractivity contribution in [3.05, 3.63) is 33.6 Å². The van der Waals surface area contributed by atoms with Gasteiger partial charge in [0.15, 0.2) is 5.82 Å². The minimum atomic E-state index is -1.48. The molecule has 1 aromatic carbocycles. The minimum Gasteiger partial charge on any atom is -0.396 e. The first-order valence-electron chi connectivity index (χ1n) is 5.62. The molecule has 0 aliphatic heterocycles. The summed E-state index contributed by atoms with van der Waals surface area (Å²) in [5.41, 5.74) is 4.32. The summed E-state index contributed by atoms with van der Waals surface area (Å²) in [7, 11) is 1.67. The van der Waals surface area contributed by atoms with Crippen LogP contribution in [0.1, 0.15) is 18.1 Å². The summed E-state index contributed by atoms with van der Waals surface area (Å²) in [6.45, 7) is 0.426. The van der Waals surface area contributed by atoms with Gasteiger partial charge in [-0.1, -0.05) is 0 Å². The second kappa shape index (κ2) is 6.41. The molecule has 0 bridgehead atoms. The van der Waals surface area contributed by atoms with E-state index in [2.05, 4.69) is 5.32 Å². The van der Waals surface area contributed by atoms with Crippen LogP contribution in [0.3, 0.4) is 0 Å². The first kappa shape index (κ1) is 15.3. The number of nitrogens with one attached hydrogen (secondary N) is 1. The molecule has 1 aromatic rings. The summed E-state index contributed by atoms with van der Waals surface area (Å²) in [4.78, 5) is 9.83. The molecule has 2 unspecified atom stereocenters. The number of nitro groups is 1.